The Kier molecular flexibility index (Phi) is 3.33. The highest BCUT2D eigenvalue weighted by atomic mass is 79.9. The van der Waals surface area contributed by atoms with Crippen molar-refractivity contribution in [1.82, 2.24) is 0 Å². The Hall–Kier alpha value is -1.33. The molecule has 0 aliphatic carbocycles. The fraction of sp³-hybridized carbons (Fsp3) is 0.214. The van der Waals surface area contributed by atoms with Gasteiger partial charge in [0.15, 0.2) is 0 Å². The van der Waals surface area contributed by atoms with Crippen molar-refractivity contribution in [2.75, 3.05) is 11.4 Å². The Labute approximate surface area is 123 Å². The van der Waals surface area contributed by atoms with Gasteiger partial charge in [0.2, 0.25) is 0 Å². The monoisotopic (exact) mass is 337 g/mol. The van der Waals surface area contributed by atoms with Crippen LogP contribution >= 0.6 is 27.3 Å². The molecule has 3 nitrogen and oxygen atoms in total. The number of anilines is 1. The molecule has 0 spiro atoms. The van der Waals surface area contributed by atoms with Gasteiger partial charge in [0.05, 0.1) is 3.79 Å². The number of carboxylic acid groups (broad SMARTS) is 1. The lowest BCUT2D eigenvalue weighted by molar-refractivity contribution is -0.138. The van der Waals surface area contributed by atoms with E-state index in [4.69, 9.17) is 0 Å². The molecule has 98 valence electrons. The molecule has 5 heteroatoms. The van der Waals surface area contributed by atoms with Crippen LogP contribution in [-0.2, 0) is 11.3 Å². The van der Waals surface area contributed by atoms with E-state index >= 15 is 0 Å². The molecule has 0 bridgehead atoms. The van der Waals surface area contributed by atoms with Gasteiger partial charge in [-0.2, -0.15) is 0 Å². The summed E-state index contributed by atoms with van der Waals surface area (Å²) in [4.78, 5) is 13.5. The van der Waals surface area contributed by atoms with Crippen molar-refractivity contribution in [3.63, 3.8) is 0 Å². The van der Waals surface area contributed by atoms with E-state index in [2.05, 4.69) is 32.3 Å². The molecule has 0 amide bonds. The number of carboxylic acids is 1. The number of carbonyl (C=O) groups is 1. The van der Waals surface area contributed by atoms with Gasteiger partial charge >= 0.3 is 5.97 Å². The van der Waals surface area contributed by atoms with E-state index in [1.807, 2.05) is 24.3 Å². The summed E-state index contributed by atoms with van der Waals surface area (Å²) >= 11 is 5.10. The largest absolute Gasteiger partial charge is 0.481 e. The second-order valence-electron chi connectivity index (χ2n) is 4.59. The van der Waals surface area contributed by atoms with Gasteiger partial charge in [0.25, 0.3) is 0 Å². The highest BCUT2D eigenvalue weighted by molar-refractivity contribution is 9.11. The molecule has 19 heavy (non-hydrogen) atoms. The van der Waals surface area contributed by atoms with Crippen molar-refractivity contribution in [3.8, 4) is 0 Å². The summed E-state index contributed by atoms with van der Waals surface area (Å²) in [7, 11) is 0. The van der Waals surface area contributed by atoms with Crippen molar-refractivity contribution in [3.05, 3.63) is 50.6 Å². The Morgan fingerprint density at radius 2 is 2.26 bits per heavy atom. The zero-order valence-electron chi connectivity index (χ0n) is 10.0. The molecule has 0 radical (unpaired) electrons. The van der Waals surface area contributed by atoms with E-state index in [0.717, 1.165) is 21.6 Å². The summed E-state index contributed by atoms with van der Waals surface area (Å²) in [6, 6.07) is 9.86. The topological polar surface area (TPSA) is 40.5 Å². The molecule has 1 aliphatic rings. The molecule has 0 saturated heterocycles. The average molecular weight is 338 g/mol. The molecule has 0 fully saturated rings. The molecule has 0 saturated carbocycles. The van der Waals surface area contributed by atoms with Crippen LogP contribution in [0, 0.1) is 0 Å². The minimum Gasteiger partial charge on any atom is -0.481 e. The lowest BCUT2D eigenvalue weighted by Crippen LogP contribution is -2.23. The quantitative estimate of drug-likeness (QED) is 0.928. The Bertz CT molecular complexity index is 625. The molecule has 1 atom stereocenters. The van der Waals surface area contributed by atoms with Crippen molar-refractivity contribution in [1.29, 1.82) is 0 Å². The van der Waals surface area contributed by atoms with E-state index in [9.17, 15) is 9.90 Å². The van der Waals surface area contributed by atoms with Crippen LogP contribution in [0.3, 0.4) is 0 Å². The van der Waals surface area contributed by atoms with Crippen LogP contribution < -0.4 is 4.90 Å². The third kappa shape index (κ3) is 2.40. The summed E-state index contributed by atoms with van der Waals surface area (Å²) in [5.41, 5.74) is 3.17. The summed E-state index contributed by atoms with van der Waals surface area (Å²) < 4.78 is 1.10. The number of para-hydroxylation sites is 1. The van der Waals surface area contributed by atoms with Gasteiger partial charge in [-0.05, 0) is 44.6 Å². The predicted octanol–water partition coefficient (Wildman–Crippen LogP) is 3.70. The molecule has 1 unspecified atom stereocenters. The first kappa shape index (κ1) is 12.7. The molecule has 1 aromatic heterocycles. The smallest absolute Gasteiger partial charge is 0.312 e. The molecule has 1 N–H and O–H groups in total. The van der Waals surface area contributed by atoms with E-state index in [-0.39, 0.29) is 0 Å². The van der Waals surface area contributed by atoms with E-state index < -0.39 is 11.9 Å². The van der Waals surface area contributed by atoms with E-state index in [0.29, 0.717) is 6.54 Å². The number of rotatable bonds is 3. The minimum atomic E-state index is -0.749. The maximum Gasteiger partial charge on any atom is 0.312 e. The molecular weight excluding hydrogens is 326 g/mol. The second-order valence-corrected chi connectivity index (χ2v) is 6.88. The van der Waals surface area contributed by atoms with Crippen LogP contribution in [0.25, 0.3) is 0 Å². The Morgan fingerprint density at radius 1 is 1.47 bits per heavy atom. The average Bonchev–Trinajstić information content (AvgIpc) is 2.95. The van der Waals surface area contributed by atoms with Gasteiger partial charge < -0.3 is 10.0 Å². The second kappa shape index (κ2) is 4.98. The van der Waals surface area contributed by atoms with Crippen LogP contribution in [0.2, 0.25) is 0 Å². The lowest BCUT2D eigenvalue weighted by Gasteiger charge is -2.18. The standard InChI is InChI=1S/C14H12BrNO2S/c15-13-5-9(8-19-13)6-16-7-11(14(17)18)10-3-1-2-4-12(10)16/h1-5,8,11H,6-7H2,(H,17,18). The number of thiophene rings is 1. The number of aliphatic carboxylic acids is 1. The maximum absolute atomic E-state index is 11.3. The minimum absolute atomic E-state index is 0.418. The van der Waals surface area contributed by atoms with Crippen LogP contribution in [0.5, 0.6) is 0 Å². The maximum atomic E-state index is 11.3. The first-order valence-corrected chi connectivity index (χ1v) is 7.62. The van der Waals surface area contributed by atoms with Crippen molar-refractivity contribution in [2.45, 2.75) is 12.5 Å². The van der Waals surface area contributed by atoms with Gasteiger partial charge in [0, 0.05) is 18.8 Å². The van der Waals surface area contributed by atoms with Gasteiger partial charge in [0.1, 0.15) is 5.92 Å². The van der Waals surface area contributed by atoms with Crippen molar-refractivity contribution < 1.29 is 9.90 Å². The van der Waals surface area contributed by atoms with Gasteiger partial charge in [-0.3, -0.25) is 4.79 Å². The molecule has 3 rings (SSSR count). The molecule has 2 heterocycles. The lowest BCUT2D eigenvalue weighted by atomic mass is 10.0. The van der Waals surface area contributed by atoms with Gasteiger partial charge in [-0.25, -0.2) is 0 Å². The van der Waals surface area contributed by atoms with Crippen molar-refractivity contribution in [2.24, 2.45) is 0 Å². The normalized spacial score (nSPS) is 17.5. The molecular formula is C14H12BrNO2S. The number of hydrogen-bond donors (Lipinski definition) is 1. The zero-order valence-corrected chi connectivity index (χ0v) is 12.4. The zero-order chi connectivity index (χ0) is 13.4. The van der Waals surface area contributed by atoms with Crippen LogP contribution in [0.4, 0.5) is 5.69 Å². The number of halogens is 1. The SMILES string of the molecule is O=C(O)C1CN(Cc2csc(Br)c2)c2ccccc21. The Balaban J connectivity index is 1.90. The fourth-order valence-corrected chi connectivity index (χ4v) is 3.70. The molecule has 1 aliphatic heterocycles. The van der Waals surface area contributed by atoms with Gasteiger partial charge in [-0.1, -0.05) is 18.2 Å². The first-order chi connectivity index (χ1) is 9.15. The molecule has 1 aromatic carbocycles. The van der Waals surface area contributed by atoms with E-state index in [1.165, 1.54) is 5.56 Å². The highest BCUT2D eigenvalue weighted by Crippen LogP contribution is 2.37. The summed E-state index contributed by atoms with van der Waals surface area (Å²) in [5.74, 6) is -1.17. The first-order valence-electron chi connectivity index (χ1n) is 5.95. The fourth-order valence-electron chi connectivity index (χ4n) is 2.50. The number of nitrogens with zero attached hydrogens (tertiary/aromatic N) is 1. The summed E-state index contributed by atoms with van der Waals surface area (Å²) in [6.07, 6.45) is 0. The third-order valence-electron chi connectivity index (χ3n) is 3.35. The number of fused-ring (bicyclic) bond motifs is 1. The van der Waals surface area contributed by atoms with Crippen molar-refractivity contribution >= 4 is 38.9 Å². The van der Waals surface area contributed by atoms with Crippen LogP contribution in [0.15, 0.2) is 39.5 Å². The Morgan fingerprint density at radius 3 is 2.95 bits per heavy atom. The summed E-state index contributed by atoms with van der Waals surface area (Å²) in [6.45, 7) is 1.30. The van der Waals surface area contributed by atoms with E-state index in [1.54, 1.807) is 11.3 Å². The predicted molar refractivity (Wildman–Crippen MR) is 79.9 cm³/mol. The highest BCUT2D eigenvalue weighted by Gasteiger charge is 2.33. The number of benzene rings is 1. The third-order valence-corrected chi connectivity index (χ3v) is 4.90. The number of hydrogen-bond acceptors (Lipinski definition) is 3. The van der Waals surface area contributed by atoms with Crippen LogP contribution in [-0.4, -0.2) is 17.6 Å². The molecule has 2 aromatic rings. The summed E-state index contributed by atoms with van der Waals surface area (Å²) in [5, 5.41) is 11.4. The van der Waals surface area contributed by atoms with Crippen LogP contribution in [0.1, 0.15) is 17.0 Å². The van der Waals surface area contributed by atoms with Gasteiger partial charge in [-0.15, -0.1) is 11.3 Å².